The predicted molar refractivity (Wildman–Crippen MR) is 120 cm³/mol. The van der Waals surface area contributed by atoms with Crippen LogP contribution >= 0.6 is 0 Å². The van der Waals surface area contributed by atoms with E-state index in [0.29, 0.717) is 36.6 Å². The fourth-order valence-electron chi connectivity index (χ4n) is 4.43. The van der Waals surface area contributed by atoms with Gasteiger partial charge in [0.1, 0.15) is 11.9 Å². The maximum atomic E-state index is 12.9. The number of amides is 2. The molecule has 2 heterocycles. The van der Waals surface area contributed by atoms with E-state index in [1.807, 2.05) is 32.0 Å². The van der Waals surface area contributed by atoms with E-state index in [4.69, 9.17) is 9.47 Å². The summed E-state index contributed by atoms with van der Waals surface area (Å²) in [6, 6.07) is 12.6. The molecule has 0 fully saturated rings. The van der Waals surface area contributed by atoms with Gasteiger partial charge >= 0.3 is 5.97 Å². The molecule has 0 radical (unpaired) electrons. The van der Waals surface area contributed by atoms with Crippen molar-refractivity contribution in [3.05, 3.63) is 53.6 Å². The van der Waals surface area contributed by atoms with Crippen LogP contribution in [0.2, 0.25) is 0 Å². The van der Waals surface area contributed by atoms with Crippen LogP contribution < -0.4 is 14.5 Å². The van der Waals surface area contributed by atoms with Crippen molar-refractivity contribution in [3.63, 3.8) is 0 Å². The predicted octanol–water partition coefficient (Wildman–Crippen LogP) is 2.92. The SMILES string of the molecule is CCOC(=O)COc1ccc2c(c1)N(CC)C(CN1C(=O)c3ccccc3C1=O)N2CC. The second-order valence-electron chi connectivity index (χ2n) is 7.56. The Balaban J connectivity index is 1.57. The van der Waals surface area contributed by atoms with Crippen molar-refractivity contribution in [3.8, 4) is 5.75 Å². The minimum atomic E-state index is -0.418. The van der Waals surface area contributed by atoms with Gasteiger partial charge in [0, 0.05) is 19.2 Å². The van der Waals surface area contributed by atoms with Crippen LogP contribution in [0.4, 0.5) is 11.4 Å². The molecule has 0 saturated carbocycles. The molecule has 0 bridgehead atoms. The Morgan fingerprint density at radius 1 is 0.906 bits per heavy atom. The molecule has 0 aliphatic carbocycles. The Morgan fingerprint density at radius 3 is 2.12 bits per heavy atom. The number of benzene rings is 2. The smallest absolute Gasteiger partial charge is 0.344 e. The fraction of sp³-hybridized carbons (Fsp3) is 0.375. The lowest BCUT2D eigenvalue weighted by Gasteiger charge is -2.34. The van der Waals surface area contributed by atoms with Gasteiger partial charge in [0.15, 0.2) is 6.61 Å². The molecule has 0 saturated heterocycles. The number of rotatable bonds is 8. The van der Waals surface area contributed by atoms with Gasteiger partial charge in [0.2, 0.25) is 0 Å². The minimum Gasteiger partial charge on any atom is -0.482 e. The van der Waals surface area contributed by atoms with Crippen LogP contribution in [0, 0.1) is 0 Å². The summed E-state index contributed by atoms with van der Waals surface area (Å²) in [5.74, 6) is -0.369. The van der Waals surface area contributed by atoms with E-state index in [0.717, 1.165) is 11.4 Å². The highest BCUT2D eigenvalue weighted by Gasteiger charge is 2.42. The van der Waals surface area contributed by atoms with Gasteiger partial charge in [-0.25, -0.2) is 4.79 Å². The second kappa shape index (κ2) is 8.90. The number of esters is 1. The van der Waals surface area contributed by atoms with Crippen molar-refractivity contribution in [2.75, 3.05) is 42.6 Å². The number of fused-ring (bicyclic) bond motifs is 2. The molecule has 8 heteroatoms. The van der Waals surface area contributed by atoms with Gasteiger partial charge in [-0.3, -0.25) is 14.5 Å². The summed E-state index contributed by atoms with van der Waals surface area (Å²) < 4.78 is 10.5. The average Bonchev–Trinajstić information content (AvgIpc) is 3.24. The van der Waals surface area contributed by atoms with Crippen LogP contribution in [0.25, 0.3) is 0 Å². The molecule has 2 aliphatic heterocycles. The summed E-state index contributed by atoms with van der Waals surface area (Å²) >= 11 is 0. The maximum absolute atomic E-state index is 12.9. The summed E-state index contributed by atoms with van der Waals surface area (Å²) in [5, 5.41) is 0. The van der Waals surface area contributed by atoms with Crippen molar-refractivity contribution in [2.24, 2.45) is 0 Å². The standard InChI is InChI=1S/C24H27N3O5/c1-4-25-19-12-11-16(32-15-22(28)31-6-3)13-20(19)26(5-2)21(25)14-27-23(29)17-9-7-8-10-18(17)24(27)30/h7-13,21H,4-6,14-15H2,1-3H3. The largest absolute Gasteiger partial charge is 0.482 e. The number of hydrogen-bond donors (Lipinski definition) is 0. The Labute approximate surface area is 187 Å². The summed E-state index contributed by atoms with van der Waals surface area (Å²) in [5.41, 5.74) is 2.85. The molecule has 0 spiro atoms. The molecule has 2 aliphatic rings. The maximum Gasteiger partial charge on any atom is 0.344 e. The lowest BCUT2D eigenvalue weighted by Crippen LogP contribution is -2.52. The third-order valence-corrected chi connectivity index (χ3v) is 5.85. The van der Waals surface area contributed by atoms with E-state index in [-0.39, 0.29) is 31.1 Å². The monoisotopic (exact) mass is 437 g/mol. The molecule has 168 valence electrons. The quantitative estimate of drug-likeness (QED) is 0.464. The van der Waals surface area contributed by atoms with Gasteiger partial charge in [0.25, 0.3) is 11.8 Å². The molecule has 0 N–H and O–H groups in total. The number of likely N-dealkylation sites (N-methyl/N-ethyl adjacent to an activating group) is 2. The molecule has 1 atom stereocenters. The van der Waals surface area contributed by atoms with Crippen LogP contribution in [-0.4, -0.2) is 61.7 Å². The zero-order valence-corrected chi connectivity index (χ0v) is 18.5. The van der Waals surface area contributed by atoms with E-state index in [1.54, 1.807) is 31.2 Å². The topological polar surface area (TPSA) is 79.4 Å². The van der Waals surface area contributed by atoms with E-state index in [2.05, 4.69) is 9.80 Å². The fourth-order valence-corrected chi connectivity index (χ4v) is 4.43. The Hall–Kier alpha value is -3.55. The van der Waals surface area contributed by atoms with Gasteiger partial charge in [-0.1, -0.05) is 12.1 Å². The van der Waals surface area contributed by atoms with E-state index < -0.39 is 5.97 Å². The zero-order valence-electron chi connectivity index (χ0n) is 18.5. The lowest BCUT2D eigenvalue weighted by atomic mass is 10.1. The zero-order chi connectivity index (χ0) is 22.8. The highest BCUT2D eigenvalue weighted by atomic mass is 16.6. The molecule has 8 nitrogen and oxygen atoms in total. The number of imide groups is 1. The van der Waals surface area contributed by atoms with Crippen molar-refractivity contribution >= 4 is 29.2 Å². The molecular formula is C24H27N3O5. The molecule has 4 rings (SSSR count). The first-order chi connectivity index (χ1) is 15.5. The van der Waals surface area contributed by atoms with Crippen LogP contribution in [0.15, 0.2) is 42.5 Å². The van der Waals surface area contributed by atoms with Crippen molar-refractivity contribution < 1.29 is 23.9 Å². The lowest BCUT2D eigenvalue weighted by molar-refractivity contribution is -0.145. The molecule has 0 aromatic heterocycles. The first kappa shape index (κ1) is 21.7. The van der Waals surface area contributed by atoms with Crippen LogP contribution in [-0.2, 0) is 9.53 Å². The highest BCUT2D eigenvalue weighted by Crippen LogP contribution is 2.42. The van der Waals surface area contributed by atoms with Gasteiger partial charge in [0.05, 0.1) is 35.7 Å². The summed E-state index contributed by atoms with van der Waals surface area (Å²) in [6.45, 7) is 7.62. The molecule has 1 unspecified atom stereocenters. The molecular weight excluding hydrogens is 410 g/mol. The third-order valence-electron chi connectivity index (χ3n) is 5.85. The normalized spacial score (nSPS) is 17.0. The van der Waals surface area contributed by atoms with Crippen molar-refractivity contribution in [2.45, 2.75) is 26.9 Å². The number of ether oxygens (including phenoxy) is 2. The van der Waals surface area contributed by atoms with E-state index >= 15 is 0 Å². The van der Waals surface area contributed by atoms with Crippen molar-refractivity contribution in [1.29, 1.82) is 0 Å². The number of carbonyl (C=O) groups excluding carboxylic acids is 3. The van der Waals surface area contributed by atoms with Crippen LogP contribution in [0.3, 0.4) is 0 Å². The number of nitrogens with zero attached hydrogens (tertiary/aromatic N) is 3. The van der Waals surface area contributed by atoms with E-state index in [1.165, 1.54) is 4.90 Å². The third kappa shape index (κ3) is 3.66. The number of hydrogen-bond acceptors (Lipinski definition) is 7. The van der Waals surface area contributed by atoms with Gasteiger partial charge in [-0.2, -0.15) is 0 Å². The van der Waals surface area contributed by atoms with E-state index in [9.17, 15) is 14.4 Å². The summed E-state index contributed by atoms with van der Waals surface area (Å²) in [6.07, 6.45) is -0.192. The van der Waals surface area contributed by atoms with Gasteiger partial charge in [-0.05, 0) is 45.0 Å². The molecule has 2 aromatic rings. The van der Waals surface area contributed by atoms with Crippen LogP contribution in [0.5, 0.6) is 5.75 Å². The first-order valence-electron chi connectivity index (χ1n) is 10.9. The summed E-state index contributed by atoms with van der Waals surface area (Å²) in [7, 11) is 0. The second-order valence-corrected chi connectivity index (χ2v) is 7.56. The Bertz CT molecular complexity index is 1020. The molecule has 2 aromatic carbocycles. The first-order valence-corrected chi connectivity index (χ1v) is 10.9. The summed E-state index contributed by atoms with van der Waals surface area (Å²) in [4.78, 5) is 43.1. The minimum absolute atomic E-state index is 0.158. The number of anilines is 2. The Kier molecular flexibility index (Phi) is 6.03. The molecule has 2 amide bonds. The van der Waals surface area contributed by atoms with Gasteiger partial charge < -0.3 is 19.3 Å². The highest BCUT2D eigenvalue weighted by molar-refractivity contribution is 6.21. The van der Waals surface area contributed by atoms with Crippen LogP contribution in [0.1, 0.15) is 41.5 Å². The van der Waals surface area contributed by atoms with Crippen molar-refractivity contribution in [1.82, 2.24) is 4.90 Å². The van der Waals surface area contributed by atoms with Gasteiger partial charge in [-0.15, -0.1) is 0 Å². The number of carbonyl (C=O) groups is 3. The molecule has 32 heavy (non-hydrogen) atoms. The average molecular weight is 437 g/mol. The Morgan fingerprint density at radius 2 is 1.53 bits per heavy atom.